The summed E-state index contributed by atoms with van der Waals surface area (Å²) in [6, 6.07) is 7.64. The SMILES string of the molecule is C[C@@H]1CCCCO[C@@H](CN(C)S(=O)(=O)c2cccs2)[C@@H](C)CN([C@@H](C)CO)C(=O)c2cc(NC(=O)NC3CCCCC3)ccc2O1. The second-order valence-corrected chi connectivity index (χ2v) is 15.9. The fourth-order valence-corrected chi connectivity index (χ4v) is 8.36. The number of nitrogens with one attached hydrogen (secondary N) is 2. The molecule has 1 aliphatic carbocycles. The van der Waals surface area contributed by atoms with Crippen molar-refractivity contribution in [1.82, 2.24) is 14.5 Å². The van der Waals surface area contributed by atoms with E-state index in [1.165, 1.54) is 22.1 Å². The number of nitrogens with zero attached hydrogens (tertiary/aromatic N) is 2. The van der Waals surface area contributed by atoms with Crippen molar-refractivity contribution in [2.24, 2.45) is 5.92 Å². The molecule has 1 aromatic carbocycles. The van der Waals surface area contributed by atoms with Crippen LogP contribution in [0.4, 0.5) is 10.5 Å². The van der Waals surface area contributed by atoms with Gasteiger partial charge in [0.25, 0.3) is 15.9 Å². The maximum absolute atomic E-state index is 14.3. The lowest BCUT2D eigenvalue weighted by molar-refractivity contribution is -0.00832. The molecular formula is C33H50N4O7S2. The van der Waals surface area contributed by atoms with E-state index in [9.17, 15) is 23.1 Å². The second-order valence-electron chi connectivity index (χ2n) is 12.7. The van der Waals surface area contributed by atoms with Crippen molar-refractivity contribution in [3.8, 4) is 5.75 Å². The normalized spacial score (nSPS) is 23.2. The first-order chi connectivity index (χ1) is 22.0. The van der Waals surface area contributed by atoms with Crippen LogP contribution >= 0.6 is 11.3 Å². The van der Waals surface area contributed by atoms with Crippen LogP contribution in [-0.4, -0.2) is 92.3 Å². The van der Waals surface area contributed by atoms with Gasteiger partial charge >= 0.3 is 6.03 Å². The second kappa shape index (κ2) is 16.9. The van der Waals surface area contributed by atoms with E-state index in [4.69, 9.17) is 9.47 Å². The van der Waals surface area contributed by atoms with Gasteiger partial charge in [-0.3, -0.25) is 4.79 Å². The summed E-state index contributed by atoms with van der Waals surface area (Å²) in [4.78, 5) is 28.8. The number of carbonyl (C=O) groups excluding carboxylic acids is 2. The predicted molar refractivity (Wildman–Crippen MR) is 180 cm³/mol. The highest BCUT2D eigenvalue weighted by Crippen LogP contribution is 2.29. The summed E-state index contributed by atoms with van der Waals surface area (Å²) < 4.78 is 40.6. The lowest BCUT2D eigenvalue weighted by atomic mass is 9.96. The Morgan fingerprint density at radius 1 is 1.13 bits per heavy atom. The summed E-state index contributed by atoms with van der Waals surface area (Å²) in [6.45, 7) is 6.12. The zero-order valence-electron chi connectivity index (χ0n) is 27.4. The van der Waals surface area contributed by atoms with Gasteiger partial charge in [0.2, 0.25) is 0 Å². The standard InChI is InChI=1S/C33H50N4O7S2/c1-23-20-37(24(2)22-38)32(39)28-19-27(35-33(40)34-26-12-6-5-7-13-26)15-16-29(28)44-25(3)11-8-9-17-43-30(23)21-36(4)46(41,42)31-14-10-18-45-31/h10,14-16,18-19,23-26,30,38H,5-9,11-13,17,20-22H2,1-4H3,(H2,34,35,40)/t23-,24-,25+,30-/m0/s1. The van der Waals surface area contributed by atoms with E-state index >= 15 is 0 Å². The number of carbonyl (C=O) groups is 2. The summed E-state index contributed by atoms with van der Waals surface area (Å²) in [5.41, 5.74) is 0.741. The van der Waals surface area contributed by atoms with E-state index in [0.717, 1.165) is 44.9 Å². The van der Waals surface area contributed by atoms with Crippen LogP contribution < -0.4 is 15.4 Å². The molecule has 0 spiro atoms. The summed E-state index contributed by atoms with van der Waals surface area (Å²) >= 11 is 1.17. The number of rotatable bonds is 8. The van der Waals surface area contributed by atoms with Crippen LogP contribution in [0, 0.1) is 5.92 Å². The molecule has 46 heavy (non-hydrogen) atoms. The number of hydrogen-bond donors (Lipinski definition) is 3. The Bertz CT molecular complexity index is 1380. The number of amides is 3. The molecule has 2 aromatic rings. The number of sulfonamides is 1. The molecule has 4 atom stereocenters. The van der Waals surface area contributed by atoms with Crippen LogP contribution in [0.3, 0.4) is 0 Å². The highest BCUT2D eigenvalue weighted by Gasteiger charge is 2.32. The Morgan fingerprint density at radius 2 is 1.87 bits per heavy atom. The molecule has 2 aliphatic rings. The molecule has 3 N–H and O–H groups in total. The molecule has 0 saturated heterocycles. The number of ether oxygens (including phenoxy) is 2. The molecular weight excluding hydrogens is 629 g/mol. The summed E-state index contributed by atoms with van der Waals surface area (Å²) in [6.07, 6.45) is 6.90. The molecule has 256 valence electrons. The van der Waals surface area contributed by atoms with E-state index in [-0.39, 0.29) is 59.5 Å². The summed E-state index contributed by atoms with van der Waals surface area (Å²) in [5, 5.41) is 17.9. The third-order valence-electron chi connectivity index (χ3n) is 8.85. The van der Waals surface area contributed by atoms with E-state index in [1.807, 2.05) is 13.8 Å². The Morgan fingerprint density at radius 3 is 2.57 bits per heavy atom. The number of benzene rings is 1. The van der Waals surface area contributed by atoms with Crippen molar-refractivity contribution in [2.45, 2.75) is 101 Å². The number of aliphatic hydroxyl groups is 1. The quantitative estimate of drug-likeness (QED) is 0.344. The molecule has 13 heteroatoms. The number of urea groups is 1. The van der Waals surface area contributed by atoms with Crippen molar-refractivity contribution < 1.29 is 32.6 Å². The zero-order chi connectivity index (χ0) is 33.3. The van der Waals surface area contributed by atoms with Crippen molar-refractivity contribution in [3.05, 3.63) is 41.3 Å². The molecule has 11 nitrogen and oxygen atoms in total. The smallest absolute Gasteiger partial charge is 0.319 e. The monoisotopic (exact) mass is 678 g/mol. The van der Waals surface area contributed by atoms with Gasteiger partial charge in [0, 0.05) is 44.4 Å². The minimum atomic E-state index is -3.70. The van der Waals surface area contributed by atoms with Gasteiger partial charge in [-0.05, 0) is 75.6 Å². The molecule has 1 aliphatic heterocycles. The van der Waals surface area contributed by atoms with Gasteiger partial charge in [0.05, 0.1) is 30.4 Å². The maximum Gasteiger partial charge on any atom is 0.319 e. The van der Waals surface area contributed by atoms with Gasteiger partial charge < -0.3 is 30.1 Å². The third kappa shape index (κ3) is 9.66. The number of hydrogen-bond acceptors (Lipinski definition) is 8. The van der Waals surface area contributed by atoms with Crippen molar-refractivity contribution in [3.63, 3.8) is 0 Å². The Balaban J connectivity index is 1.60. The highest BCUT2D eigenvalue weighted by molar-refractivity contribution is 7.91. The molecule has 1 fully saturated rings. The van der Waals surface area contributed by atoms with Crippen LogP contribution in [-0.2, 0) is 14.8 Å². The number of likely N-dealkylation sites (N-methyl/N-ethyl adjacent to an activating group) is 1. The Kier molecular flexibility index (Phi) is 13.3. The lowest BCUT2D eigenvalue weighted by Crippen LogP contribution is -2.48. The molecule has 2 heterocycles. The first-order valence-electron chi connectivity index (χ1n) is 16.4. The number of aliphatic hydroxyl groups excluding tert-OH is 1. The van der Waals surface area contributed by atoms with Crippen LogP contribution in [0.25, 0.3) is 0 Å². The minimum Gasteiger partial charge on any atom is -0.490 e. The molecule has 0 unspecified atom stereocenters. The Labute approximate surface area is 277 Å². The van der Waals surface area contributed by atoms with Gasteiger partial charge in [-0.15, -0.1) is 11.3 Å². The topological polar surface area (TPSA) is 138 Å². The molecule has 3 amide bonds. The van der Waals surface area contributed by atoms with Crippen LogP contribution in [0.5, 0.6) is 5.75 Å². The maximum atomic E-state index is 14.3. The van der Waals surface area contributed by atoms with Crippen LogP contribution in [0.1, 0.15) is 82.5 Å². The fourth-order valence-electron chi connectivity index (χ4n) is 5.98. The molecule has 1 aromatic heterocycles. The zero-order valence-corrected chi connectivity index (χ0v) is 29.1. The van der Waals surface area contributed by atoms with Gasteiger partial charge in [-0.2, -0.15) is 4.31 Å². The van der Waals surface area contributed by atoms with E-state index < -0.39 is 22.2 Å². The molecule has 4 rings (SSSR count). The lowest BCUT2D eigenvalue weighted by Gasteiger charge is -2.35. The van der Waals surface area contributed by atoms with Crippen LogP contribution in [0.15, 0.2) is 39.9 Å². The fraction of sp³-hybridized carbons (Fsp3) is 0.636. The molecule has 0 radical (unpaired) electrons. The Hall–Kier alpha value is -2.71. The first-order valence-corrected chi connectivity index (χ1v) is 18.7. The average molecular weight is 679 g/mol. The highest BCUT2D eigenvalue weighted by atomic mass is 32.2. The van der Waals surface area contributed by atoms with Crippen molar-refractivity contribution >= 4 is 39.0 Å². The largest absolute Gasteiger partial charge is 0.490 e. The van der Waals surface area contributed by atoms with Gasteiger partial charge in [-0.25, -0.2) is 13.2 Å². The number of fused-ring (bicyclic) bond motifs is 1. The molecule has 0 bridgehead atoms. The van der Waals surface area contributed by atoms with Gasteiger partial charge in [0.1, 0.15) is 9.96 Å². The minimum absolute atomic E-state index is 0.108. The average Bonchev–Trinajstić information content (AvgIpc) is 3.59. The van der Waals surface area contributed by atoms with Crippen molar-refractivity contribution in [1.29, 1.82) is 0 Å². The number of thiophene rings is 1. The van der Waals surface area contributed by atoms with E-state index in [1.54, 1.807) is 54.6 Å². The van der Waals surface area contributed by atoms with Gasteiger partial charge in [-0.1, -0.05) is 32.3 Å². The summed E-state index contributed by atoms with van der Waals surface area (Å²) in [5.74, 6) is -0.236. The predicted octanol–water partition coefficient (Wildman–Crippen LogP) is 5.32. The van der Waals surface area contributed by atoms with Gasteiger partial charge in [0.15, 0.2) is 0 Å². The molecule has 1 saturated carbocycles. The first kappa shape index (κ1) is 36.1. The van der Waals surface area contributed by atoms with Crippen molar-refractivity contribution in [2.75, 3.05) is 38.7 Å². The number of anilines is 1. The summed E-state index contributed by atoms with van der Waals surface area (Å²) in [7, 11) is -2.16. The van der Waals surface area contributed by atoms with E-state index in [0.29, 0.717) is 18.0 Å². The van der Waals surface area contributed by atoms with E-state index in [2.05, 4.69) is 10.6 Å². The third-order valence-corrected chi connectivity index (χ3v) is 12.0. The van der Waals surface area contributed by atoms with Crippen LogP contribution in [0.2, 0.25) is 0 Å².